The second-order valence-corrected chi connectivity index (χ2v) is 13.2. The Labute approximate surface area is 301 Å². The zero-order chi connectivity index (χ0) is 34.4. The van der Waals surface area contributed by atoms with Crippen LogP contribution in [0.3, 0.4) is 0 Å². The Hall–Kier alpha value is -6.97. The van der Waals surface area contributed by atoms with Crippen LogP contribution in [0.25, 0.3) is 77.1 Å². The lowest BCUT2D eigenvalue weighted by atomic mass is 9.99. The fourth-order valence-corrected chi connectivity index (χ4v) is 7.47. The minimum absolute atomic E-state index is 0.628. The van der Waals surface area contributed by atoms with Crippen molar-refractivity contribution in [2.75, 3.05) is 4.90 Å². The van der Waals surface area contributed by atoms with Gasteiger partial charge in [-0.2, -0.15) is 0 Å². The zero-order valence-corrected chi connectivity index (χ0v) is 28.3. The minimum atomic E-state index is 0.628. The third-order valence-electron chi connectivity index (χ3n) is 10.1. The summed E-state index contributed by atoms with van der Waals surface area (Å²) in [4.78, 5) is 7.28. The predicted molar refractivity (Wildman–Crippen MR) is 218 cm³/mol. The molecule has 10 aromatic rings. The maximum absolute atomic E-state index is 6.57. The third-order valence-corrected chi connectivity index (χ3v) is 10.1. The monoisotopic (exact) mass is 664 g/mol. The van der Waals surface area contributed by atoms with Gasteiger partial charge in [-0.15, -0.1) is 0 Å². The lowest BCUT2D eigenvalue weighted by Gasteiger charge is -2.27. The molecule has 0 aliphatic carbocycles. The normalized spacial score (nSPS) is 11.5. The highest BCUT2D eigenvalue weighted by Crippen LogP contribution is 2.42. The molecule has 3 heteroatoms. The van der Waals surface area contributed by atoms with Crippen molar-refractivity contribution in [3.63, 3.8) is 0 Å². The molecule has 0 spiro atoms. The van der Waals surface area contributed by atoms with Gasteiger partial charge in [0.1, 0.15) is 5.52 Å². The van der Waals surface area contributed by atoms with Gasteiger partial charge in [0.15, 0.2) is 5.58 Å². The van der Waals surface area contributed by atoms with Crippen molar-refractivity contribution in [3.8, 4) is 33.7 Å². The van der Waals surface area contributed by atoms with Crippen LogP contribution in [0.2, 0.25) is 0 Å². The van der Waals surface area contributed by atoms with E-state index in [0.29, 0.717) is 5.89 Å². The minimum Gasteiger partial charge on any atom is -0.435 e. The van der Waals surface area contributed by atoms with Gasteiger partial charge in [0.2, 0.25) is 5.89 Å². The fraction of sp³-hybridized carbons (Fsp3) is 0. The molecular formula is C49H32N2O. The van der Waals surface area contributed by atoms with E-state index in [1.54, 1.807) is 0 Å². The van der Waals surface area contributed by atoms with Crippen LogP contribution in [0, 0.1) is 0 Å². The highest BCUT2D eigenvalue weighted by molar-refractivity contribution is 6.19. The summed E-state index contributed by atoms with van der Waals surface area (Å²) in [5.41, 5.74) is 10.7. The molecule has 0 N–H and O–H groups in total. The number of fused-ring (bicyclic) bond motifs is 6. The second-order valence-electron chi connectivity index (χ2n) is 13.2. The SMILES string of the molecule is c1ccc(-c2ccc(-c3ccc(N(c4ccc5ccc6ccc7nc(-c8ccccc8)oc7c6c5c4)c4cccc5ccccc45)cc3)cc2)cc1. The van der Waals surface area contributed by atoms with Crippen LogP contribution in [0.15, 0.2) is 199 Å². The number of nitrogens with zero attached hydrogens (tertiary/aromatic N) is 2. The topological polar surface area (TPSA) is 29.3 Å². The van der Waals surface area contributed by atoms with Crippen LogP contribution in [0.1, 0.15) is 0 Å². The average Bonchev–Trinajstić information content (AvgIpc) is 3.67. The average molecular weight is 665 g/mol. The largest absolute Gasteiger partial charge is 0.435 e. The number of rotatable bonds is 6. The number of oxazole rings is 1. The van der Waals surface area contributed by atoms with Gasteiger partial charge in [-0.1, -0.05) is 146 Å². The van der Waals surface area contributed by atoms with Gasteiger partial charge in [0, 0.05) is 27.7 Å². The zero-order valence-electron chi connectivity index (χ0n) is 28.3. The summed E-state index contributed by atoms with van der Waals surface area (Å²) in [5.74, 6) is 0.628. The van der Waals surface area contributed by atoms with E-state index in [9.17, 15) is 0 Å². The summed E-state index contributed by atoms with van der Waals surface area (Å²) in [6.07, 6.45) is 0. The van der Waals surface area contributed by atoms with Gasteiger partial charge in [-0.3, -0.25) is 0 Å². The Morgan fingerprint density at radius 3 is 1.67 bits per heavy atom. The summed E-state index contributed by atoms with van der Waals surface area (Å²) in [7, 11) is 0. The van der Waals surface area contributed by atoms with Crippen molar-refractivity contribution >= 4 is 60.5 Å². The molecule has 10 rings (SSSR count). The van der Waals surface area contributed by atoms with E-state index < -0.39 is 0 Å². The first-order valence-corrected chi connectivity index (χ1v) is 17.6. The number of benzene rings is 9. The molecule has 0 bridgehead atoms. The summed E-state index contributed by atoms with van der Waals surface area (Å²) in [5, 5.41) is 6.84. The molecule has 244 valence electrons. The molecule has 0 aliphatic heterocycles. The summed E-state index contributed by atoms with van der Waals surface area (Å²) < 4.78 is 6.57. The first-order chi connectivity index (χ1) is 25.8. The molecule has 0 radical (unpaired) electrons. The summed E-state index contributed by atoms with van der Waals surface area (Å²) in [6, 6.07) is 68.8. The molecule has 0 saturated carbocycles. The molecule has 3 nitrogen and oxygen atoms in total. The highest BCUT2D eigenvalue weighted by Gasteiger charge is 2.18. The maximum Gasteiger partial charge on any atom is 0.227 e. The standard InChI is InChI=1S/C49H32N2O/c1-3-10-33(11-4-1)34-18-20-35(21-19-34)36-24-28-41(29-25-36)51(46-17-9-15-37-12-7-8-16-43(37)46)42-30-26-38-22-23-39-27-31-45-48(47(39)44(38)32-42)52-49(50-45)40-13-5-2-6-14-40/h1-32H. The van der Waals surface area contributed by atoms with Gasteiger partial charge in [-0.05, 0) is 92.3 Å². The van der Waals surface area contributed by atoms with Crippen molar-refractivity contribution in [2.24, 2.45) is 0 Å². The Bertz CT molecular complexity index is 2870. The van der Waals surface area contributed by atoms with Crippen molar-refractivity contribution in [2.45, 2.75) is 0 Å². The van der Waals surface area contributed by atoms with Crippen molar-refractivity contribution in [1.82, 2.24) is 4.98 Å². The van der Waals surface area contributed by atoms with Gasteiger partial charge >= 0.3 is 0 Å². The van der Waals surface area contributed by atoms with Crippen LogP contribution in [0.5, 0.6) is 0 Å². The van der Waals surface area contributed by atoms with Crippen LogP contribution >= 0.6 is 0 Å². The molecule has 0 saturated heterocycles. The Kier molecular flexibility index (Phi) is 7.14. The van der Waals surface area contributed by atoms with E-state index in [1.807, 2.05) is 30.3 Å². The van der Waals surface area contributed by atoms with E-state index in [-0.39, 0.29) is 0 Å². The van der Waals surface area contributed by atoms with E-state index in [0.717, 1.165) is 55.3 Å². The second kappa shape index (κ2) is 12.4. The summed E-state index contributed by atoms with van der Waals surface area (Å²) in [6.45, 7) is 0. The van der Waals surface area contributed by atoms with Crippen LogP contribution < -0.4 is 4.90 Å². The Morgan fingerprint density at radius 1 is 0.385 bits per heavy atom. The van der Waals surface area contributed by atoms with E-state index in [1.165, 1.54) is 33.0 Å². The molecular weight excluding hydrogens is 633 g/mol. The lowest BCUT2D eigenvalue weighted by Crippen LogP contribution is -2.10. The van der Waals surface area contributed by atoms with Crippen LogP contribution in [0.4, 0.5) is 17.1 Å². The first kappa shape index (κ1) is 29.9. The smallest absolute Gasteiger partial charge is 0.227 e. The number of anilines is 3. The Balaban J connectivity index is 1.13. The van der Waals surface area contributed by atoms with E-state index in [2.05, 4.69) is 169 Å². The van der Waals surface area contributed by atoms with Crippen molar-refractivity contribution < 1.29 is 4.42 Å². The molecule has 0 aliphatic rings. The molecule has 1 aromatic heterocycles. The van der Waals surface area contributed by atoms with Crippen molar-refractivity contribution in [3.05, 3.63) is 194 Å². The van der Waals surface area contributed by atoms with Gasteiger partial charge in [0.05, 0.1) is 5.69 Å². The van der Waals surface area contributed by atoms with Gasteiger partial charge in [-0.25, -0.2) is 4.98 Å². The molecule has 0 atom stereocenters. The first-order valence-electron chi connectivity index (χ1n) is 17.6. The fourth-order valence-electron chi connectivity index (χ4n) is 7.47. The predicted octanol–water partition coefficient (Wildman–Crippen LogP) is 13.8. The lowest BCUT2D eigenvalue weighted by molar-refractivity contribution is 0.623. The quantitative estimate of drug-likeness (QED) is 0.166. The van der Waals surface area contributed by atoms with Gasteiger partial charge < -0.3 is 9.32 Å². The summed E-state index contributed by atoms with van der Waals surface area (Å²) >= 11 is 0. The molecule has 0 unspecified atom stereocenters. The van der Waals surface area contributed by atoms with Crippen LogP contribution in [-0.2, 0) is 0 Å². The number of aromatic nitrogens is 1. The Morgan fingerprint density at radius 2 is 0.923 bits per heavy atom. The molecule has 0 fully saturated rings. The molecule has 1 heterocycles. The molecule has 52 heavy (non-hydrogen) atoms. The van der Waals surface area contributed by atoms with Crippen LogP contribution in [-0.4, -0.2) is 4.98 Å². The molecule has 9 aromatic carbocycles. The highest BCUT2D eigenvalue weighted by atomic mass is 16.3. The third kappa shape index (κ3) is 5.19. The van der Waals surface area contributed by atoms with Gasteiger partial charge in [0.25, 0.3) is 0 Å². The van der Waals surface area contributed by atoms with Crippen molar-refractivity contribution in [1.29, 1.82) is 0 Å². The van der Waals surface area contributed by atoms with E-state index >= 15 is 0 Å². The van der Waals surface area contributed by atoms with E-state index in [4.69, 9.17) is 9.40 Å². The number of hydrogen-bond donors (Lipinski definition) is 0. The number of hydrogen-bond acceptors (Lipinski definition) is 3. The maximum atomic E-state index is 6.57. The molecule has 0 amide bonds.